The Kier molecular flexibility index (Phi) is 7.91. The van der Waals surface area contributed by atoms with E-state index >= 15 is 0 Å². The van der Waals surface area contributed by atoms with Gasteiger partial charge in [-0.1, -0.05) is 30.3 Å². The lowest BCUT2D eigenvalue weighted by Crippen LogP contribution is -2.33. The molecule has 5 nitrogen and oxygen atoms in total. The number of methoxy groups -OCH3 is 1. The summed E-state index contributed by atoms with van der Waals surface area (Å²) in [7, 11) is 1.68. The van der Waals surface area contributed by atoms with Gasteiger partial charge in [-0.3, -0.25) is 0 Å². The second-order valence-corrected chi connectivity index (χ2v) is 9.28. The number of fused-ring (bicyclic) bond motifs is 1. The molecule has 0 atom stereocenters. The highest BCUT2D eigenvalue weighted by Gasteiger charge is 2.18. The van der Waals surface area contributed by atoms with Crippen molar-refractivity contribution in [3.05, 3.63) is 70.8 Å². The summed E-state index contributed by atoms with van der Waals surface area (Å²) in [5.41, 5.74) is 4.24. The Morgan fingerprint density at radius 2 is 1.84 bits per heavy atom. The van der Waals surface area contributed by atoms with Crippen LogP contribution in [0.25, 0.3) is 17.0 Å². The van der Waals surface area contributed by atoms with E-state index in [2.05, 4.69) is 64.0 Å². The van der Waals surface area contributed by atoms with E-state index < -0.39 is 5.60 Å². The van der Waals surface area contributed by atoms with Gasteiger partial charge >= 0.3 is 6.09 Å². The van der Waals surface area contributed by atoms with Gasteiger partial charge in [0.1, 0.15) is 11.4 Å². The van der Waals surface area contributed by atoms with Crippen LogP contribution in [-0.4, -0.2) is 36.2 Å². The van der Waals surface area contributed by atoms with E-state index in [0.717, 1.165) is 18.0 Å². The molecule has 1 heterocycles. The number of alkyl carbamates (subject to hydrolysis) is 1. The number of nitrogens with one attached hydrogen (secondary N) is 1. The summed E-state index contributed by atoms with van der Waals surface area (Å²) in [6.07, 6.45) is 4.54. The highest BCUT2D eigenvalue weighted by molar-refractivity contribution is 8.01. The van der Waals surface area contributed by atoms with Crippen LogP contribution in [0.5, 0.6) is 5.75 Å². The molecule has 1 aromatic heterocycles. The van der Waals surface area contributed by atoms with Crippen LogP contribution in [-0.2, 0) is 17.7 Å². The van der Waals surface area contributed by atoms with Crippen LogP contribution in [0.3, 0.4) is 0 Å². The van der Waals surface area contributed by atoms with Gasteiger partial charge in [-0.05, 0) is 74.3 Å². The third-order valence-electron chi connectivity index (χ3n) is 5.02. The zero-order chi connectivity index (χ0) is 23.1. The summed E-state index contributed by atoms with van der Waals surface area (Å²) in [6, 6.07) is 16.6. The van der Waals surface area contributed by atoms with Crippen molar-refractivity contribution in [3.63, 3.8) is 0 Å². The minimum absolute atomic E-state index is 0.388. The van der Waals surface area contributed by atoms with Gasteiger partial charge in [-0.25, -0.2) is 4.79 Å². The number of carbonyl (C=O) groups is 1. The van der Waals surface area contributed by atoms with Crippen LogP contribution < -0.4 is 10.1 Å². The molecule has 0 aliphatic carbocycles. The van der Waals surface area contributed by atoms with Gasteiger partial charge in [-0.2, -0.15) is 0 Å². The maximum atomic E-state index is 12.1. The Morgan fingerprint density at radius 3 is 2.50 bits per heavy atom. The number of benzene rings is 2. The van der Waals surface area contributed by atoms with Crippen LogP contribution in [0.2, 0.25) is 0 Å². The Morgan fingerprint density at radius 1 is 1.12 bits per heavy atom. The average Bonchev–Trinajstić information content (AvgIpc) is 3.04. The number of carbonyl (C=O) groups excluding carboxylic acids is 1. The van der Waals surface area contributed by atoms with Gasteiger partial charge in [0.25, 0.3) is 0 Å². The van der Waals surface area contributed by atoms with E-state index in [1.165, 1.54) is 22.0 Å². The second-order valence-electron chi connectivity index (χ2n) is 8.53. The van der Waals surface area contributed by atoms with Crippen LogP contribution >= 0.6 is 11.8 Å². The van der Waals surface area contributed by atoms with E-state index in [4.69, 9.17) is 9.47 Å². The van der Waals surface area contributed by atoms with Crippen molar-refractivity contribution in [1.82, 2.24) is 9.88 Å². The molecule has 0 radical (unpaired) electrons. The summed E-state index contributed by atoms with van der Waals surface area (Å²) in [5.74, 6) is 0.850. The predicted octanol–water partition coefficient (Wildman–Crippen LogP) is 6.10. The molecule has 0 unspecified atom stereocenters. The monoisotopic (exact) mass is 452 g/mol. The van der Waals surface area contributed by atoms with Gasteiger partial charge in [0, 0.05) is 29.7 Å². The van der Waals surface area contributed by atoms with Crippen LogP contribution in [0.4, 0.5) is 4.79 Å². The van der Waals surface area contributed by atoms with Crippen molar-refractivity contribution in [2.45, 2.75) is 39.3 Å². The number of hydrogen-bond donors (Lipinski definition) is 1. The van der Waals surface area contributed by atoms with Crippen molar-refractivity contribution >= 4 is 34.8 Å². The van der Waals surface area contributed by atoms with Crippen LogP contribution in [0, 0.1) is 0 Å². The first kappa shape index (κ1) is 23.8. The molecule has 1 amide bonds. The second kappa shape index (κ2) is 10.6. The lowest BCUT2D eigenvalue weighted by molar-refractivity contribution is 0.0528. The maximum absolute atomic E-state index is 12.1. The lowest BCUT2D eigenvalue weighted by atomic mass is 10.1. The zero-order valence-electron chi connectivity index (χ0n) is 19.5. The molecule has 0 aliphatic rings. The molecule has 2 aromatic carbocycles. The van der Waals surface area contributed by atoms with Gasteiger partial charge < -0.3 is 19.4 Å². The van der Waals surface area contributed by atoms with Crippen LogP contribution in [0.15, 0.2) is 53.9 Å². The Hall–Kier alpha value is -2.86. The highest BCUT2D eigenvalue weighted by atomic mass is 32.2. The van der Waals surface area contributed by atoms with E-state index in [1.807, 2.05) is 32.9 Å². The first-order valence-corrected chi connectivity index (χ1v) is 12.0. The third kappa shape index (κ3) is 6.10. The largest absolute Gasteiger partial charge is 0.497 e. The summed E-state index contributed by atoms with van der Waals surface area (Å²) in [5, 5.41) is 6.20. The summed E-state index contributed by atoms with van der Waals surface area (Å²) < 4.78 is 13.0. The number of rotatable bonds is 8. The number of amides is 1. The van der Waals surface area contributed by atoms with E-state index in [-0.39, 0.29) is 6.09 Å². The van der Waals surface area contributed by atoms with Gasteiger partial charge in [0.05, 0.1) is 7.11 Å². The van der Waals surface area contributed by atoms with Crippen molar-refractivity contribution < 1.29 is 14.3 Å². The molecule has 170 valence electrons. The average molecular weight is 453 g/mol. The number of aromatic nitrogens is 1. The number of ether oxygens (including phenoxy) is 2. The summed E-state index contributed by atoms with van der Waals surface area (Å²) >= 11 is 1.67. The van der Waals surface area contributed by atoms with Gasteiger partial charge in [0.2, 0.25) is 0 Å². The molecule has 3 aromatic rings. The Labute approximate surface area is 194 Å². The Balaban J connectivity index is 1.92. The van der Waals surface area contributed by atoms with Gasteiger partial charge in [0.15, 0.2) is 0 Å². The standard InChI is InChI=1S/C26H32N2O3S/c1-26(2,3)31-25(29)27-16-14-22-21-8-6-7-9-23(21)28(24(22)15-17-32-5)18-19-10-12-20(30-4)13-11-19/h6-13,15,17H,14,16,18H2,1-5H3,(H,27,29)/b17-15+. The number of thioether (sulfide) groups is 1. The number of nitrogens with zero attached hydrogens (tertiary/aromatic N) is 1. The van der Waals surface area contributed by atoms with Crippen molar-refractivity contribution in [2.75, 3.05) is 19.9 Å². The van der Waals surface area contributed by atoms with Crippen LogP contribution in [0.1, 0.15) is 37.6 Å². The minimum atomic E-state index is -0.509. The summed E-state index contributed by atoms with van der Waals surface area (Å²) in [4.78, 5) is 12.1. The molecule has 0 saturated carbocycles. The summed E-state index contributed by atoms with van der Waals surface area (Å²) in [6.45, 7) is 6.85. The Bertz CT molecular complexity index is 1080. The molecule has 0 saturated heterocycles. The van der Waals surface area contributed by atoms with Crippen molar-refractivity contribution in [3.8, 4) is 5.75 Å². The zero-order valence-corrected chi connectivity index (χ0v) is 20.3. The fourth-order valence-corrected chi connectivity index (χ4v) is 3.93. The quantitative estimate of drug-likeness (QED) is 0.449. The topological polar surface area (TPSA) is 52.5 Å². The smallest absolute Gasteiger partial charge is 0.407 e. The maximum Gasteiger partial charge on any atom is 0.407 e. The number of para-hydroxylation sites is 1. The van der Waals surface area contributed by atoms with E-state index in [0.29, 0.717) is 13.0 Å². The van der Waals surface area contributed by atoms with E-state index in [1.54, 1.807) is 18.9 Å². The molecule has 3 rings (SSSR count). The van der Waals surface area contributed by atoms with E-state index in [9.17, 15) is 4.79 Å². The first-order chi connectivity index (χ1) is 15.3. The molecule has 0 aliphatic heterocycles. The fraction of sp³-hybridized carbons (Fsp3) is 0.346. The highest BCUT2D eigenvalue weighted by Crippen LogP contribution is 2.29. The molecule has 6 heteroatoms. The molecular weight excluding hydrogens is 420 g/mol. The first-order valence-electron chi connectivity index (χ1n) is 10.7. The molecule has 0 fully saturated rings. The van der Waals surface area contributed by atoms with Crippen molar-refractivity contribution in [1.29, 1.82) is 0 Å². The molecule has 0 spiro atoms. The van der Waals surface area contributed by atoms with Crippen molar-refractivity contribution in [2.24, 2.45) is 0 Å². The SMILES string of the molecule is COc1ccc(Cn2c(/C=C/SC)c(CCNC(=O)OC(C)(C)C)c3ccccc32)cc1. The fourth-order valence-electron chi connectivity index (χ4n) is 3.67. The molecule has 0 bridgehead atoms. The molecular formula is C26H32N2O3S. The normalized spacial score (nSPS) is 11.8. The third-order valence-corrected chi connectivity index (χ3v) is 5.43. The minimum Gasteiger partial charge on any atom is -0.497 e. The lowest BCUT2D eigenvalue weighted by Gasteiger charge is -2.19. The predicted molar refractivity (Wildman–Crippen MR) is 135 cm³/mol. The molecule has 1 N–H and O–H groups in total. The van der Waals surface area contributed by atoms with Gasteiger partial charge in [-0.15, -0.1) is 11.8 Å². The number of hydrogen-bond acceptors (Lipinski definition) is 4. The molecule has 32 heavy (non-hydrogen) atoms.